The molecule has 0 bridgehead atoms. The van der Waals surface area contributed by atoms with E-state index in [1.54, 1.807) is 43.6 Å². The number of ether oxygens (including phenoxy) is 2. The lowest BCUT2D eigenvalue weighted by Crippen LogP contribution is -2.28. The number of hydrogen-bond acceptors (Lipinski definition) is 4. The second kappa shape index (κ2) is 6.58. The molecule has 122 valence electrons. The molecule has 0 saturated heterocycles. The molecule has 0 aliphatic heterocycles. The third-order valence-corrected chi connectivity index (χ3v) is 3.97. The number of pyridine rings is 1. The standard InChI is InChI=1S/C19H17NO4/c1-23-15-9-7-14(8-10-15)20-12-11-16(13-5-3-4-6-13)17(18(20)21)19(22)24-2/h3-13H,1-2H3. The van der Waals surface area contributed by atoms with Crippen molar-refractivity contribution in [3.63, 3.8) is 0 Å². The van der Waals surface area contributed by atoms with Crippen molar-refractivity contribution < 1.29 is 14.3 Å². The van der Waals surface area contributed by atoms with Crippen molar-refractivity contribution in [1.29, 1.82) is 0 Å². The zero-order valence-corrected chi connectivity index (χ0v) is 13.4. The molecular formula is C19H17NO4. The fourth-order valence-corrected chi connectivity index (χ4v) is 2.72. The molecule has 0 atom stereocenters. The van der Waals surface area contributed by atoms with Crippen LogP contribution in [0.1, 0.15) is 21.8 Å². The Balaban J connectivity index is 2.15. The first kappa shape index (κ1) is 15.8. The van der Waals surface area contributed by atoms with E-state index in [1.165, 1.54) is 11.7 Å². The lowest BCUT2D eigenvalue weighted by Gasteiger charge is -2.14. The van der Waals surface area contributed by atoms with Crippen molar-refractivity contribution in [2.45, 2.75) is 5.92 Å². The average molecular weight is 323 g/mol. The van der Waals surface area contributed by atoms with Gasteiger partial charge in [0.1, 0.15) is 11.3 Å². The molecule has 24 heavy (non-hydrogen) atoms. The molecule has 0 fully saturated rings. The van der Waals surface area contributed by atoms with Crippen LogP contribution in [0.15, 0.2) is 65.6 Å². The quantitative estimate of drug-likeness (QED) is 0.812. The van der Waals surface area contributed by atoms with Crippen molar-refractivity contribution in [2.75, 3.05) is 14.2 Å². The van der Waals surface area contributed by atoms with Gasteiger partial charge in [-0.15, -0.1) is 0 Å². The maximum atomic E-state index is 12.9. The number of allylic oxidation sites excluding steroid dienone is 4. The number of aromatic nitrogens is 1. The van der Waals surface area contributed by atoms with E-state index in [0.717, 1.165) is 0 Å². The highest BCUT2D eigenvalue weighted by molar-refractivity contribution is 5.91. The Morgan fingerprint density at radius 1 is 1.04 bits per heavy atom. The SMILES string of the molecule is COC(=O)c1c(C2C=CC=C2)ccn(-c2ccc(OC)cc2)c1=O. The second-order valence-electron chi connectivity index (χ2n) is 5.31. The number of methoxy groups -OCH3 is 2. The van der Waals surface area contributed by atoms with Gasteiger partial charge in [0.2, 0.25) is 0 Å². The molecule has 5 heteroatoms. The van der Waals surface area contributed by atoms with Gasteiger partial charge in [-0.25, -0.2) is 4.79 Å². The van der Waals surface area contributed by atoms with E-state index in [-0.39, 0.29) is 11.5 Å². The van der Waals surface area contributed by atoms with Crippen molar-refractivity contribution in [3.8, 4) is 11.4 Å². The summed E-state index contributed by atoms with van der Waals surface area (Å²) in [4.78, 5) is 25.1. The zero-order valence-electron chi connectivity index (χ0n) is 13.4. The van der Waals surface area contributed by atoms with Gasteiger partial charge in [-0.2, -0.15) is 0 Å². The summed E-state index contributed by atoms with van der Waals surface area (Å²) in [6.07, 6.45) is 9.31. The Labute approximate surface area is 139 Å². The smallest absolute Gasteiger partial charge is 0.343 e. The highest BCUT2D eigenvalue weighted by atomic mass is 16.5. The average Bonchev–Trinajstić information content (AvgIpc) is 3.15. The molecule has 0 amide bonds. The van der Waals surface area contributed by atoms with Crippen LogP contribution in [0.3, 0.4) is 0 Å². The summed E-state index contributed by atoms with van der Waals surface area (Å²) in [5, 5.41) is 0. The highest BCUT2D eigenvalue weighted by Gasteiger charge is 2.23. The minimum atomic E-state index is -0.633. The fourth-order valence-electron chi connectivity index (χ4n) is 2.72. The Kier molecular flexibility index (Phi) is 4.33. The molecule has 1 aliphatic carbocycles. The van der Waals surface area contributed by atoms with Crippen LogP contribution in [0.4, 0.5) is 0 Å². The van der Waals surface area contributed by atoms with E-state index in [2.05, 4.69) is 0 Å². The Hall–Kier alpha value is -3.08. The molecule has 0 radical (unpaired) electrons. The summed E-state index contributed by atoms with van der Waals surface area (Å²) in [5.41, 5.74) is 0.937. The van der Waals surface area contributed by atoms with Gasteiger partial charge >= 0.3 is 5.97 Å². The van der Waals surface area contributed by atoms with Gasteiger partial charge in [0.05, 0.1) is 14.2 Å². The molecule has 1 aliphatic rings. The largest absolute Gasteiger partial charge is 0.497 e. The fraction of sp³-hybridized carbons (Fsp3) is 0.158. The van der Waals surface area contributed by atoms with Crippen molar-refractivity contribution in [1.82, 2.24) is 4.57 Å². The van der Waals surface area contributed by atoms with Crippen LogP contribution in [0, 0.1) is 0 Å². The number of hydrogen-bond donors (Lipinski definition) is 0. The second-order valence-corrected chi connectivity index (χ2v) is 5.31. The first-order valence-electron chi connectivity index (χ1n) is 7.49. The van der Waals surface area contributed by atoms with Crippen molar-refractivity contribution in [2.24, 2.45) is 0 Å². The predicted molar refractivity (Wildman–Crippen MR) is 91.0 cm³/mol. The van der Waals surface area contributed by atoms with Gasteiger partial charge in [0.25, 0.3) is 5.56 Å². The van der Waals surface area contributed by atoms with E-state index in [0.29, 0.717) is 17.0 Å². The number of esters is 1. The summed E-state index contributed by atoms with van der Waals surface area (Å²) in [5.74, 6) is -0.0401. The summed E-state index contributed by atoms with van der Waals surface area (Å²) in [7, 11) is 2.85. The van der Waals surface area contributed by atoms with Crippen LogP contribution in [-0.2, 0) is 4.74 Å². The molecule has 1 aromatic heterocycles. The van der Waals surface area contributed by atoms with E-state index >= 15 is 0 Å². The summed E-state index contributed by atoms with van der Waals surface area (Å²) in [6, 6.07) is 8.82. The first-order valence-corrected chi connectivity index (χ1v) is 7.49. The molecule has 5 nitrogen and oxygen atoms in total. The van der Waals surface area contributed by atoms with Gasteiger partial charge in [-0.1, -0.05) is 24.3 Å². The molecule has 2 aromatic rings. The van der Waals surface area contributed by atoms with Gasteiger partial charge in [0.15, 0.2) is 0 Å². The van der Waals surface area contributed by atoms with Crippen LogP contribution >= 0.6 is 0 Å². The highest BCUT2D eigenvalue weighted by Crippen LogP contribution is 2.25. The normalized spacial score (nSPS) is 13.2. The van der Waals surface area contributed by atoms with E-state index < -0.39 is 11.5 Å². The lowest BCUT2D eigenvalue weighted by molar-refractivity contribution is 0.0597. The van der Waals surface area contributed by atoms with E-state index in [4.69, 9.17) is 9.47 Å². The Morgan fingerprint density at radius 2 is 1.71 bits per heavy atom. The number of benzene rings is 1. The number of nitrogens with zero attached hydrogens (tertiary/aromatic N) is 1. The van der Waals surface area contributed by atoms with Gasteiger partial charge < -0.3 is 9.47 Å². The minimum Gasteiger partial charge on any atom is -0.497 e. The monoisotopic (exact) mass is 323 g/mol. The van der Waals surface area contributed by atoms with Crippen molar-refractivity contribution >= 4 is 5.97 Å². The van der Waals surface area contributed by atoms with Crippen molar-refractivity contribution in [3.05, 3.63) is 82.3 Å². The number of carbonyl (C=O) groups excluding carboxylic acids is 1. The lowest BCUT2D eigenvalue weighted by atomic mass is 9.96. The molecule has 0 saturated carbocycles. The predicted octanol–water partition coefficient (Wildman–Crippen LogP) is 2.84. The van der Waals surface area contributed by atoms with E-state index in [1.807, 2.05) is 24.3 Å². The summed E-state index contributed by atoms with van der Waals surface area (Å²) in [6.45, 7) is 0. The van der Waals surface area contributed by atoms with E-state index in [9.17, 15) is 9.59 Å². The molecule has 3 rings (SSSR count). The molecule has 0 N–H and O–H groups in total. The van der Waals surface area contributed by atoms with Crippen LogP contribution in [0.5, 0.6) is 5.75 Å². The molecule has 0 unspecified atom stereocenters. The summed E-state index contributed by atoms with van der Waals surface area (Å²) < 4.78 is 11.4. The van der Waals surface area contributed by atoms with Crippen LogP contribution in [0.2, 0.25) is 0 Å². The van der Waals surface area contributed by atoms with Gasteiger partial charge in [-0.05, 0) is 35.9 Å². The van der Waals surface area contributed by atoms with Crippen LogP contribution in [0.25, 0.3) is 5.69 Å². The molecular weight excluding hydrogens is 306 g/mol. The maximum absolute atomic E-state index is 12.9. The third-order valence-electron chi connectivity index (χ3n) is 3.97. The Bertz CT molecular complexity index is 863. The minimum absolute atomic E-state index is 0.0528. The third kappa shape index (κ3) is 2.76. The number of rotatable bonds is 4. The van der Waals surface area contributed by atoms with Crippen LogP contribution < -0.4 is 10.3 Å². The summed E-state index contributed by atoms with van der Waals surface area (Å²) >= 11 is 0. The van der Waals surface area contributed by atoms with Gasteiger partial charge in [-0.3, -0.25) is 9.36 Å². The Morgan fingerprint density at radius 3 is 2.29 bits per heavy atom. The maximum Gasteiger partial charge on any atom is 0.343 e. The van der Waals surface area contributed by atoms with Crippen LogP contribution in [-0.4, -0.2) is 24.8 Å². The molecule has 1 aromatic carbocycles. The first-order chi connectivity index (χ1) is 11.7. The molecule has 0 spiro atoms. The molecule has 1 heterocycles. The van der Waals surface area contributed by atoms with Gasteiger partial charge in [0, 0.05) is 17.8 Å². The zero-order chi connectivity index (χ0) is 17.1. The topological polar surface area (TPSA) is 57.5 Å². The number of carbonyl (C=O) groups is 1.